The molecule has 0 saturated carbocycles. The summed E-state index contributed by atoms with van der Waals surface area (Å²) in [6.45, 7) is 11.1. The summed E-state index contributed by atoms with van der Waals surface area (Å²) >= 11 is 0. The third kappa shape index (κ3) is 4.56. The molecule has 1 rings (SSSR count). The molecule has 1 heteroatoms. The van der Waals surface area contributed by atoms with Gasteiger partial charge in [-0.3, -0.25) is 0 Å². The molecule has 0 aliphatic carbocycles. The number of phenols is 1. The van der Waals surface area contributed by atoms with Crippen molar-refractivity contribution < 1.29 is 5.11 Å². The minimum absolute atomic E-state index is 0.543. The monoisotopic (exact) mass is 262 g/mol. The summed E-state index contributed by atoms with van der Waals surface area (Å²) in [6, 6.07) is 4.42. The number of aromatic hydroxyl groups is 1. The molecule has 1 aromatic rings. The molecule has 0 fully saturated rings. The van der Waals surface area contributed by atoms with Crippen molar-refractivity contribution in [3.8, 4) is 5.75 Å². The lowest BCUT2D eigenvalue weighted by atomic mass is 9.89. The van der Waals surface area contributed by atoms with E-state index in [-0.39, 0.29) is 0 Å². The minimum Gasteiger partial charge on any atom is -0.507 e. The van der Waals surface area contributed by atoms with E-state index in [4.69, 9.17) is 0 Å². The molecule has 0 heterocycles. The van der Waals surface area contributed by atoms with Crippen molar-refractivity contribution in [3.05, 3.63) is 28.8 Å². The van der Waals surface area contributed by atoms with Crippen LogP contribution in [0.25, 0.3) is 0 Å². The van der Waals surface area contributed by atoms with Crippen molar-refractivity contribution in [1.82, 2.24) is 0 Å². The molecule has 0 saturated heterocycles. The molecule has 1 nitrogen and oxygen atoms in total. The third-order valence-corrected chi connectivity index (χ3v) is 4.02. The largest absolute Gasteiger partial charge is 0.507 e. The molecule has 0 aliphatic heterocycles. The van der Waals surface area contributed by atoms with E-state index in [1.165, 1.54) is 18.4 Å². The molecular formula is C18H30O. The van der Waals surface area contributed by atoms with Gasteiger partial charge in [0, 0.05) is 0 Å². The molecule has 0 spiro atoms. The van der Waals surface area contributed by atoms with Crippen molar-refractivity contribution >= 4 is 0 Å². The summed E-state index contributed by atoms with van der Waals surface area (Å²) in [5.74, 6) is 1.89. The van der Waals surface area contributed by atoms with Gasteiger partial charge in [-0.1, -0.05) is 59.6 Å². The lowest BCUT2D eigenvalue weighted by Gasteiger charge is -2.17. The highest BCUT2D eigenvalue weighted by molar-refractivity contribution is 5.44. The van der Waals surface area contributed by atoms with E-state index in [2.05, 4.69) is 46.8 Å². The highest BCUT2D eigenvalue weighted by Crippen LogP contribution is 2.29. The summed E-state index contributed by atoms with van der Waals surface area (Å²) in [4.78, 5) is 0. The van der Waals surface area contributed by atoms with Gasteiger partial charge in [-0.05, 0) is 47.8 Å². The zero-order valence-corrected chi connectivity index (χ0v) is 13.3. The SMILES string of the molecule is CCc1cc(CC(C)C)cc(CC(CC)CC)c1O. The maximum absolute atomic E-state index is 10.4. The Labute approximate surface area is 119 Å². The maximum atomic E-state index is 10.4. The van der Waals surface area contributed by atoms with Gasteiger partial charge in [0.1, 0.15) is 5.75 Å². The number of benzene rings is 1. The maximum Gasteiger partial charge on any atom is 0.121 e. The molecule has 0 aliphatic rings. The van der Waals surface area contributed by atoms with Crippen LogP contribution in [0.2, 0.25) is 0 Å². The predicted octanol–water partition coefficient (Wildman–Crippen LogP) is 5.13. The molecular weight excluding hydrogens is 232 g/mol. The van der Waals surface area contributed by atoms with Gasteiger partial charge in [0.05, 0.1) is 0 Å². The molecule has 0 radical (unpaired) electrons. The minimum atomic E-state index is 0.543. The van der Waals surface area contributed by atoms with E-state index in [0.29, 0.717) is 17.6 Å². The zero-order chi connectivity index (χ0) is 14.4. The van der Waals surface area contributed by atoms with E-state index < -0.39 is 0 Å². The van der Waals surface area contributed by atoms with Crippen LogP contribution in [-0.4, -0.2) is 5.11 Å². The Morgan fingerprint density at radius 2 is 1.53 bits per heavy atom. The average molecular weight is 262 g/mol. The van der Waals surface area contributed by atoms with E-state index in [1.807, 2.05) is 0 Å². The van der Waals surface area contributed by atoms with Crippen molar-refractivity contribution in [2.45, 2.75) is 66.7 Å². The van der Waals surface area contributed by atoms with Gasteiger partial charge >= 0.3 is 0 Å². The van der Waals surface area contributed by atoms with Gasteiger partial charge in [-0.25, -0.2) is 0 Å². The Morgan fingerprint density at radius 1 is 0.947 bits per heavy atom. The van der Waals surface area contributed by atoms with E-state index in [1.54, 1.807) is 0 Å². The Balaban J connectivity index is 3.06. The van der Waals surface area contributed by atoms with Gasteiger partial charge in [0.2, 0.25) is 0 Å². The lowest BCUT2D eigenvalue weighted by molar-refractivity contribution is 0.439. The summed E-state index contributed by atoms with van der Waals surface area (Å²) in [5, 5.41) is 10.4. The molecule has 0 aromatic heterocycles. The second-order valence-corrected chi connectivity index (χ2v) is 6.10. The van der Waals surface area contributed by atoms with Crippen LogP contribution in [0.3, 0.4) is 0 Å². The van der Waals surface area contributed by atoms with Crippen molar-refractivity contribution in [2.75, 3.05) is 0 Å². The highest BCUT2D eigenvalue weighted by atomic mass is 16.3. The Kier molecular flexibility index (Phi) is 6.41. The molecule has 108 valence electrons. The Morgan fingerprint density at radius 3 is 2.00 bits per heavy atom. The first-order valence-corrected chi connectivity index (χ1v) is 7.85. The van der Waals surface area contributed by atoms with Gasteiger partial charge in [0.15, 0.2) is 0 Å². The molecule has 0 unspecified atom stereocenters. The van der Waals surface area contributed by atoms with E-state index in [9.17, 15) is 5.11 Å². The van der Waals surface area contributed by atoms with Crippen LogP contribution >= 0.6 is 0 Å². The summed E-state index contributed by atoms with van der Waals surface area (Å²) in [6.07, 6.45) is 5.40. The fourth-order valence-corrected chi connectivity index (χ4v) is 2.73. The van der Waals surface area contributed by atoms with Gasteiger partial charge < -0.3 is 5.11 Å². The van der Waals surface area contributed by atoms with Crippen LogP contribution in [0.1, 0.15) is 64.2 Å². The van der Waals surface area contributed by atoms with Crippen LogP contribution in [0.15, 0.2) is 12.1 Å². The number of phenolic OH excluding ortho intramolecular Hbond substituents is 1. The second kappa shape index (κ2) is 7.57. The fourth-order valence-electron chi connectivity index (χ4n) is 2.73. The van der Waals surface area contributed by atoms with Gasteiger partial charge in [0.25, 0.3) is 0 Å². The molecule has 0 bridgehead atoms. The first-order valence-electron chi connectivity index (χ1n) is 7.85. The molecule has 1 aromatic carbocycles. The fraction of sp³-hybridized carbons (Fsp3) is 0.667. The predicted molar refractivity (Wildman–Crippen MR) is 83.8 cm³/mol. The molecule has 1 N–H and O–H groups in total. The Hall–Kier alpha value is -0.980. The van der Waals surface area contributed by atoms with E-state index >= 15 is 0 Å². The first-order chi connectivity index (χ1) is 9.01. The highest BCUT2D eigenvalue weighted by Gasteiger charge is 2.13. The number of rotatable bonds is 7. The number of hydrogen-bond donors (Lipinski definition) is 1. The number of aryl methyl sites for hydroxylation is 1. The van der Waals surface area contributed by atoms with Crippen LogP contribution in [0.5, 0.6) is 5.75 Å². The average Bonchev–Trinajstić information content (AvgIpc) is 2.38. The van der Waals surface area contributed by atoms with Crippen molar-refractivity contribution in [3.63, 3.8) is 0 Å². The van der Waals surface area contributed by atoms with Crippen LogP contribution in [0, 0.1) is 11.8 Å². The standard InChI is InChI=1S/C18H30O/c1-6-14(7-2)10-17-12-15(9-13(4)5)11-16(8-3)18(17)19/h11-14,19H,6-10H2,1-5H3. The van der Waals surface area contributed by atoms with Crippen LogP contribution < -0.4 is 0 Å². The Bertz CT molecular complexity index is 389. The molecule has 19 heavy (non-hydrogen) atoms. The first kappa shape index (κ1) is 16.1. The lowest BCUT2D eigenvalue weighted by Crippen LogP contribution is -2.05. The smallest absolute Gasteiger partial charge is 0.121 e. The zero-order valence-electron chi connectivity index (χ0n) is 13.3. The normalized spacial score (nSPS) is 11.5. The summed E-state index contributed by atoms with van der Waals surface area (Å²) in [5.41, 5.74) is 3.65. The van der Waals surface area contributed by atoms with Gasteiger partial charge in [-0.2, -0.15) is 0 Å². The molecule has 0 atom stereocenters. The third-order valence-electron chi connectivity index (χ3n) is 4.02. The number of hydrogen-bond acceptors (Lipinski definition) is 1. The van der Waals surface area contributed by atoms with Crippen LogP contribution in [0.4, 0.5) is 0 Å². The second-order valence-electron chi connectivity index (χ2n) is 6.10. The quantitative estimate of drug-likeness (QED) is 0.722. The topological polar surface area (TPSA) is 20.2 Å². The summed E-state index contributed by atoms with van der Waals surface area (Å²) in [7, 11) is 0. The summed E-state index contributed by atoms with van der Waals surface area (Å²) < 4.78 is 0. The van der Waals surface area contributed by atoms with Crippen molar-refractivity contribution in [2.24, 2.45) is 11.8 Å². The van der Waals surface area contributed by atoms with E-state index in [0.717, 1.165) is 30.4 Å². The van der Waals surface area contributed by atoms with Crippen molar-refractivity contribution in [1.29, 1.82) is 0 Å². The van der Waals surface area contributed by atoms with Gasteiger partial charge in [-0.15, -0.1) is 0 Å². The molecule has 0 amide bonds. The van der Waals surface area contributed by atoms with Crippen LogP contribution in [-0.2, 0) is 19.3 Å².